The van der Waals surface area contributed by atoms with Gasteiger partial charge in [-0.3, -0.25) is 9.59 Å². The van der Waals surface area contributed by atoms with Crippen LogP contribution in [0.1, 0.15) is 0 Å². The van der Waals surface area contributed by atoms with Crippen molar-refractivity contribution in [3.8, 4) is 0 Å². The van der Waals surface area contributed by atoms with Gasteiger partial charge in [0, 0.05) is 16.6 Å². The van der Waals surface area contributed by atoms with E-state index in [1.54, 1.807) is 6.07 Å². The van der Waals surface area contributed by atoms with Crippen LogP contribution in [0.4, 0.5) is 18.9 Å². The molecule has 4 nitrogen and oxygen atoms in total. The van der Waals surface area contributed by atoms with Crippen LogP contribution in [0.3, 0.4) is 0 Å². The van der Waals surface area contributed by atoms with Crippen molar-refractivity contribution in [1.29, 1.82) is 0 Å². The second kappa shape index (κ2) is 8.39. The SMILES string of the molecule is O=C(COC(=O)CSc1ccccc1F)Nc1ccc(F)c(F)c1. The summed E-state index contributed by atoms with van der Waals surface area (Å²) in [5, 5.41) is 2.26. The molecule has 0 fully saturated rings. The molecule has 0 atom stereocenters. The molecule has 2 aromatic rings. The summed E-state index contributed by atoms with van der Waals surface area (Å²) < 4.78 is 43.8. The zero-order valence-corrected chi connectivity index (χ0v) is 13.0. The summed E-state index contributed by atoms with van der Waals surface area (Å²) in [6.07, 6.45) is 0. The van der Waals surface area contributed by atoms with Crippen molar-refractivity contribution in [2.45, 2.75) is 4.90 Å². The molecule has 0 aliphatic carbocycles. The number of nitrogens with one attached hydrogen (secondary N) is 1. The molecule has 0 aliphatic rings. The minimum absolute atomic E-state index is 0.0377. The Morgan fingerprint density at radius 1 is 1.00 bits per heavy atom. The molecule has 126 valence electrons. The first kappa shape index (κ1) is 17.9. The molecule has 1 amide bonds. The van der Waals surface area contributed by atoms with Crippen LogP contribution in [0, 0.1) is 17.5 Å². The number of carbonyl (C=O) groups excluding carboxylic acids is 2. The number of carbonyl (C=O) groups is 2. The third kappa shape index (κ3) is 5.31. The van der Waals surface area contributed by atoms with Crippen molar-refractivity contribution in [1.82, 2.24) is 0 Å². The maximum atomic E-state index is 13.4. The van der Waals surface area contributed by atoms with E-state index in [0.717, 1.165) is 23.9 Å². The van der Waals surface area contributed by atoms with Crippen LogP contribution in [0.2, 0.25) is 0 Å². The molecule has 0 radical (unpaired) electrons. The van der Waals surface area contributed by atoms with Gasteiger partial charge >= 0.3 is 5.97 Å². The van der Waals surface area contributed by atoms with Crippen LogP contribution in [-0.2, 0) is 14.3 Å². The molecule has 0 spiro atoms. The Balaban J connectivity index is 1.76. The first-order valence-electron chi connectivity index (χ1n) is 6.73. The van der Waals surface area contributed by atoms with Gasteiger partial charge in [-0.15, -0.1) is 11.8 Å². The lowest BCUT2D eigenvalue weighted by Gasteiger charge is -2.07. The molecule has 0 saturated carbocycles. The highest BCUT2D eigenvalue weighted by Crippen LogP contribution is 2.21. The maximum Gasteiger partial charge on any atom is 0.316 e. The Hall–Kier alpha value is -2.48. The van der Waals surface area contributed by atoms with Gasteiger partial charge in [0.05, 0.1) is 5.75 Å². The Bertz CT molecular complexity index is 755. The molecule has 24 heavy (non-hydrogen) atoms. The summed E-state index contributed by atoms with van der Waals surface area (Å²) >= 11 is 0.942. The summed E-state index contributed by atoms with van der Waals surface area (Å²) in [7, 11) is 0. The molecular weight excluding hydrogens is 343 g/mol. The van der Waals surface area contributed by atoms with E-state index in [1.165, 1.54) is 24.3 Å². The molecule has 0 aliphatic heterocycles. The van der Waals surface area contributed by atoms with Gasteiger partial charge in [-0.2, -0.15) is 0 Å². The summed E-state index contributed by atoms with van der Waals surface area (Å²) in [6.45, 7) is -0.588. The maximum absolute atomic E-state index is 13.4. The van der Waals surface area contributed by atoms with Crippen molar-refractivity contribution >= 4 is 29.3 Å². The summed E-state index contributed by atoms with van der Waals surface area (Å²) in [5.41, 5.74) is 0.0377. The van der Waals surface area contributed by atoms with Gasteiger partial charge < -0.3 is 10.1 Å². The van der Waals surface area contributed by atoms with E-state index in [2.05, 4.69) is 5.32 Å². The second-order valence-corrected chi connectivity index (χ2v) is 5.57. The minimum atomic E-state index is -1.11. The average molecular weight is 355 g/mol. The predicted molar refractivity (Wildman–Crippen MR) is 83.1 cm³/mol. The van der Waals surface area contributed by atoms with Crippen molar-refractivity contribution < 1.29 is 27.5 Å². The zero-order valence-electron chi connectivity index (χ0n) is 12.2. The molecular formula is C16H12F3NO3S. The van der Waals surface area contributed by atoms with E-state index < -0.39 is 35.9 Å². The van der Waals surface area contributed by atoms with Crippen LogP contribution in [0.5, 0.6) is 0 Å². The normalized spacial score (nSPS) is 10.3. The number of anilines is 1. The summed E-state index contributed by atoms with van der Waals surface area (Å²) in [4.78, 5) is 23.4. The van der Waals surface area contributed by atoms with Gasteiger partial charge in [0.2, 0.25) is 0 Å². The largest absolute Gasteiger partial charge is 0.455 e. The Morgan fingerprint density at radius 3 is 2.46 bits per heavy atom. The number of hydrogen-bond donors (Lipinski definition) is 1. The van der Waals surface area contributed by atoms with Gasteiger partial charge in [0.25, 0.3) is 5.91 Å². The van der Waals surface area contributed by atoms with E-state index in [4.69, 9.17) is 4.74 Å². The second-order valence-electron chi connectivity index (χ2n) is 4.56. The topological polar surface area (TPSA) is 55.4 Å². The van der Waals surface area contributed by atoms with E-state index in [-0.39, 0.29) is 11.4 Å². The van der Waals surface area contributed by atoms with Crippen LogP contribution >= 0.6 is 11.8 Å². The zero-order chi connectivity index (χ0) is 17.5. The van der Waals surface area contributed by atoms with Crippen molar-refractivity contribution in [2.24, 2.45) is 0 Å². The standard InChI is InChI=1S/C16H12F3NO3S/c17-11-6-5-10(7-13(11)19)20-15(21)8-23-16(22)9-24-14-4-2-1-3-12(14)18/h1-7H,8-9H2,(H,20,21). The van der Waals surface area contributed by atoms with Crippen molar-refractivity contribution in [2.75, 3.05) is 17.7 Å². The van der Waals surface area contributed by atoms with Gasteiger partial charge in [0.1, 0.15) is 5.82 Å². The molecule has 1 N–H and O–H groups in total. The molecule has 0 aromatic heterocycles. The van der Waals surface area contributed by atoms with Crippen molar-refractivity contribution in [3.05, 3.63) is 59.9 Å². The van der Waals surface area contributed by atoms with E-state index in [1.807, 2.05) is 0 Å². The highest BCUT2D eigenvalue weighted by Gasteiger charge is 2.11. The van der Waals surface area contributed by atoms with Gasteiger partial charge in [-0.05, 0) is 24.3 Å². The number of ether oxygens (including phenoxy) is 1. The molecule has 0 bridgehead atoms. The van der Waals surface area contributed by atoms with Crippen LogP contribution in [0.15, 0.2) is 47.4 Å². The molecule has 0 heterocycles. The number of rotatable bonds is 6. The molecule has 2 rings (SSSR count). The number of esters is 1. The number of thioether (sulfide) groups is 1. The monoisotopic (exact) mass is 355 g/mol. The fourth-order valence-corrected chi connectivity index (χ4v) is 2.39. The average Bonchev–Trinajstić information content (AvgIpc) is 2.55. The van der Waals surface area contributed by atoms with Gasteiger partial charge in [0.15, 0.2) is 18.2 Å². The number of amides is 1. The van der Waals surface area contributed by atoms with E-state index in [0.29, 0.717) is 4.90 Å². The number of hydrogen-bond acceptors (Lipinski definition) is 4. The summed E-state index contributed by atoms with van der Waals surface area (Å²) in [5.74, 6) is -4.17. The van der Waals surface area contributed by atoms with Crippen molar-refractivity contribution in [3.63, 3.8) is 0 Å². The third-order valence-corrected chi connectivity index (χ3v) is 3.77. The Kier molecular flexibility index (Phi) is 6.25. The molecule has 8 heteroatoms. The fraction of sp³-hybridized carbons (Fsp3) is 0.125. The first-order valence-corrected chi connectivity index (χ1v) is 7.72. The lowest BCUT2D eigenvalue weighted by Crippen LogP contribution is -2.21. The lowest BCUT2D eigenvalue weighted by molar-refractivity contribution is -0.144. The minimum Gasteiger partial charge on any atom is -0.455 e. The lowest BCUT2D eigenvalue weighted by atomic mass is 10.3. The molecule has 0 unspecified atom stereocenters. The van der Waals surface area contributed by atoms with Crippen LogP contribution < -0.4 is 5.32 Å². The third-order valence-electron chi connectivity index (χ3n) is 2.75. The highest BCUT2D eigenvalue weighted by molar-refractivity contribution is 8.00. The van der Waals surface area contributed by atoms with Crippen LogP contribution in [-0.4, -0.2) is 24.2 Å². The highest BCUT2D eigenvalue weighted by atomic mass is 32.2. The predicted octanol–water partition coefficient (Wildman–Crippen LogP) is 3.38. The number of benzene rings is 2. The quantitative estimate of drug-likeness (QED) is 0.638. The van der Waals surface area contributed by atoms with Crippen LogP contribution in [0.25, 0.3) is 0 Å². The smallest absolute Gasteiger partial charge is 0.316 e. The first-order chi connectivity index (χ1) is 11.5. The van der Waals surface area contributed by atoms with E-state index >= 15 is 0 Å². The Labute approximate surface area is 140 Å². The van der Waals surface area contributed by atoms with Gasteiger partial charge in [-0.25, -0.2) is 13.2 Å². The van der Waals surface area contributed by atoms with Gasteiger partial charge in [-0.1, -0.05) is 12.1 Å². The molecule has 2 aromatic carbocycles. The molecule has 0 saturated heterocycles. The fourth-order valence-electron chi connectivity index (χ4n) is 1.66. The Morgan fingerprint density at radius 2 is 1.75 bits per heavy atom. The number of halogens is 3. The van der Waals surface area contributed by atoms with E-state index in [9.17, 15) is 22.8 Å². The summed E-state index contributed by atoms with van der Waals surface area (Å²) in [6, 6.07) is 8.79.